The highest BCUT2D eigenvalue weighted by Crippen LogP contribution is 2.43. The van der Waals surface area contributed by atoms with E-state index in [1.165, 1.54) is 12.0 Å². The Labute approximate surface area is 158 Å². The molecule has 2 saturated heterocycles. The predicted octanol–water partition coefficient (Wildman–Crippen LogP) is 3.17. The maximum absolute atomic E-state index is 13.3. The van der Waals surface area contributed by atoms with Crippen LogP contribution in [0.2, 0.25) is 0 Å². The van der Waals surface area contributed by atoms with E-state index in [0.29, 0.717) is 11.4 Å². The van der Waals surface area contributed by atoms with Gasteiger partial charge in [0.1, 0.15) is 5.75 Å². The average molecular weight is 366 g/mol. The van der Waals surface area contributed by atoms with Gasteiger partial charge in [0.05, 0.1) is 30.4 Å². The van der Waals surface area contributed by atoms with Gasteiger partial charge in [-0.15, -0.1) is 0 Å². The van der Waals surface area contributed by atoms with Crippen LogP contribution in [0, 0.1) is 5.92 Å². The number of nitrogens with zero attached hydrogens (tertiary/aromatic N) is 2. The number of methoxy groups -OCH3 is 1. The van der Waals surface area contributed by atoms with Gasteiger partial charge in [0, 0.05) is 0 Å². The van der Waals surface area contributed by atoms with Crippen molar-refractivity contribution in [3.63, 3.8) is 0 Å². The van der Waals surface area contributed by atoms with E-state index in [9.17, 15) is 9.59 Å². The van der Waals surface area contributed by atoms with Crippen LogP contribution in [0.3, 0.4) is 0 Å². The Bertz CT molecular complexity index is 854. The van der Waals surface area contributed by atoms with Crippen molar-refractivity contribution in [2.75, 3.05) is 17.1 Å². The van der Waals surface area contributed by atoms with Crippen molar-refractivity contribution in [3.05, 3.63) is 54.6 Å². The molecule has 0 N–H and O–H groups in total. The van der Waals surface area contributed by atoms with Gasteiger partial charge in [-0.05, 0) is 30.7 Å². The molecular weight excluding hydrogens is 344 g/mol. The highest BCUT2D eigenvalue weighted by molar-refractivity contribution is 6.24. The van der Waals surface area contributed by atoms with Crippen LogP contribution in [-0.4, -0.2) is 31.1 Å². The van der Waals surface area contributed by atoms with Gasteiger partial charge in [0.2, 0.25) is 5.91 Å². The summed E-state index contributed by atoms with van der Waals surface area (Å²) in [6.45, 7) is 2.07. The number of carbonyl (C=O) groups is 2. The van der Waals surface area contributed by atoms with Crippen LogP contribution in [0.1, 0.15) is 19.8 Å². The highest BCUT2D eigenvalue weighted by atomic mass is 16.7. The Kier molecular flexibility index (Phi) is 4.58. The van der Waals surface area contributed by atoms with Crippen molar-refractivity contribution in [2.45, 2.75) is 31.9 Å². The Hall–Kier alpha value is -2.86. The molecule has 2 amide bonds. The third-order valence-electron chi connectivity index (χ3n) is 5.16. The van der Waals surface area contributed by atoms with Crippen LogP contribution >= 0.6 is 0 Å². The zero-order chi connectivity index (χ0) is 19.0. The standard InChI is InChI=1S/C21H22N2O4/c1-3-9-16-18-19(27-23(16)14-10-5-4-6-11-14)21(25)22(20(18)24)15-12-7-8-13-17(15)26-2/h4-8,10-13,16,18-19H,3,9H2,1-2H3/t16-,18-,19+/m0/s1. The van der Waals surface area contributed by atoms with Gasteiger partial charge >= 0.3 is 0 Å². The number of benzene rings is 2. The van der Waals surface area contributed by atoms with Crippen LogP contribution < -0.4 is 14.7 Å². The quantitative estimate of drug-likeness (QED) is 0.761. The molecule has 6 nitrogen and oxygen atoms in total. The van der Waals surface area contributed by atoms with Gasteiger partial charge in [0.15, 0.2) is 6.10 Å². The lowest BCUT2D eigenvalue weighted by molar-refractivity contribution is -0.126. The number of hydroxylamine groups is 1. The maximum atomic E-state index is 13.3. The van der Waals surface area contributed by atoms with E-state index >= 15 is 0 Å². The summed E-state index contributed by atoms with van der Waals surface area (Å²) < 4.78 is 5.34. The van der Waals surface area contributed by atoms with Crippen LogP contribution in [0.15, 0.2) is 54.6 Å². The molecule has 6 heteroatoms. The largest absolute Gasteiger partial charge is 0.495 e. The Balaban J connectivity index is 1.70. The fourth-order valence-electron chi connectivity index (χ4n) is 3.96. The highest BCUT2D eigenvalue weighted by Gasteiger charge is 2.59. The lowest BCUT2D eigenvalue weighted by atomic mass is 9.93. The van der Waals surface area contributed by atoms with E-state index in [4.69, 9.17) is 9.57 Å². The fourth-order valence-corrected chi connectivity index (χ4v) is 3.96. The molecule has 0 saturated carbocycles. The van der Waals surface area contributed by atoms with Crippen LogP contribution in [-0.2, 0) is 14.4 Å². The molecule has 2 fully saturated rings. The van der Waals surface area contributed by atoms with E-state index in [2.05, 4.69) is 6.92 Å². The minimum Gasteiger partial charge on any atom is -0.495 e. The van der Waals surface area contributed by atoms with Crippen LogP contribution in [0.25, 0.3) is 0 Å². The topological polar surface area (TPSA) is 59.1 Å². The smallest absolute Gasteiger partial charge is 0.266 e. The summed E-state index contributed by atoms with van der Waals surface area (Å²) in [5, 5.41) is 1.74. The molecule has 140 valence electrons. The number of carbonyl (C=O) groups excluding carboxylic acids is 2. The summed E-state index contributed by atoms with van der Waals surface area (Å²) in [7, 11) is 1.53. The van der Waals surface area contributed by atoms with Crippen molar-refractivity contribution in [2.24, 2.45) is 5.92 Å². The zero-order valence-corrected chi connectivity index (χ0v) is 15.4. The SMILES string of the molecule is CCC[C@H]1[C@@H]2C(=O)N(c3ccccc3OC)C(=O)[C@@H]2ON1c1ccccc1. The first-order chi connectivity index (χ1) is 13.2. The lowest BCUT2D eigenvalue weighted by Gasteiger charge is -2.28. The number of hydrogen-bond acceptors (Lipinski definition) is 5. The molecule has 27 heavy (non-hydrogen) atoms. The summed E-state index contributed by atoms with van der Waals surface area (Å²) in [4.78, 5) is 33.6. The fraction of sp³-hybridized carbons (Fsp3) is 0.333. The zero-order valence-electron chi connectivity index (χ0n) is 15.4. The number of amides is 2. The van der Waals surface area contributed by atoms with E-state index in [0.717, 1.165) is 18.5 Å². The van der Waals surface area contributed by atoms with E-state index in [-0.39, 0.29) is 17.9 Å². The second-order valence-electron chi connectivity index (χ2n) is 6.75. The molecule has 2 aliphatic heterocycles. The molecule has 4 rings (SSSR count). The maximum Gasteiger partial charge on any atom is 0.266 e. The number of fused-ring (bicyclic) bond motifs is 1. The molecule has 0 spiro atoms. The van der Waals surface area contributed by atoms with Gasteiger partial charge in [-0.1, -0.05) is 43.7 Å². The second kappa shape index (κ2) is 7.04. The minimum absolute atomic E-state index is 0.182. The third kappa shape index (κ3) is 2.77. The van der Waals surface area contributed by atoms with Gasteiger partial charge in [-0.25, -0.2) is 9.96 Å². The third-order valence-corrected chi connectivity index (χ3v) is 5.16. The molecule has 0 unspecified atom stereocenters. The Morgan fingerprint density at radius 1 is 1.00 bits per heavy atom. The Morgan fingerprint density at radius 3 is 2.41 bits per heavy atom. The number of rotatable bonds is 5. The molecule has 0 bridgehead atoms. The van der Waals surface area contributed by atoms with Crippen molar-refractivity contribution >= 4 is 23.2 Å². The van der Waals surface area contributed by atoms with Gasteiger partial charge < -0.3 is 4.74 Å². The monoisotopic (exact) mass is 366 g/mol. The first-order valence-corrected chi connectivity index (χ1v) is 9.19. The van der Waals surface area contributed by atoms with Crippen molar-refractivity contribution in [1.29, 1.82) is 0 Å². The predicted molar refractivity (Wildman–Crippen MR) is 101 cm³/mol. The number of anilines is 2. The number of para-hydroxylation sites is 3. The summed E-state index contributed by atoms with van der Waals surface area (Å²) in [6.07, 6.45) is 0.838. The lowest BCUT2D eigenvalue weighted by Crippen LogP contribution is -2.40. The van der Waals surface area contributed by atoms with E-state index in [1.807, 2.05) is 36.4 Å². The van der Waals surface area contributed by atoms with E-state index < -0.39 is 12.0 Å². The molecular formula is C21H22N2O4. The molecule has 3 atom stereocenters. The van der Waals surface area contributed by atoms with Crippen molar-refractivity contribution in [1.82, 2.24) is 0 Å². The van der Waals surface area contributed by atoms with Crippen molar-refractivity contribution in [3.8, 4) is 5.75 Å². The van der Waals surface area contributed by atoms with Gasteiger partial charge in [0.25, 0.3) is 5.91 Å². The summed E-state index contributed by atoms with van der Waals surface area (Å²) in [6, 6.07) is 16.5. The second-order valence-corrected chi connectivity index (χ2v) is 6.75. The number of ether oxygens (including phenoxy) is 1. The first-order valence-electron chi connectivity index (χ1n) is 9.19. The summed E-state index contributed by atoms with van der Waals surface area (Å²) in [5.74, 6) is -0.603. The molecule has 2 heterocycles. The number of hydrogen-bond donors (Lipinski definition) is 0. The molecule has 0 aliphatic carbocycles. The first kappa shape index (κ1) is 17.5. The summed E-state index contributed by atoms with van der Waals surface area (Å²) >= 11 is 0. The normalized spacial score (nSPS) is 24.4. The molecule has 2 aliphatic rings. The Morgan fingerprint density at radius 2 is 1.70 bits per heavy atom. The van der Waals surface area contributed by atoms with Crippen LogP contribution in [0.5, 0.6) is 5.75 Å². The molecule has 0 radical (unpaired) electrons. The number of imide groups is 1. The average Bonchev–Trinajstić information content (AvgIpc) is 3.19. The van der Waals surface area contributed by atoms with Gasteiger partial charge in [-0.3, -0.25) is 14.4 Å². The minimum atomic E-state index is -0.806. The molecule has 2 aromatic rings. The molecule has 0 aromatic heterocycles. The van der Waals surface area contributed by atoms with Crippen molar-refractivity contribution < 1.29 is 19.2 Å². The molecule has 2 aromatic carbocycles. The van der Waals surface area contributed by atoms with Crippen LogP contribution in [0.4, 0.5) is 11.4 Å². The van der Waals surface area contributed by atoms with E-state index in [1.54, 1.807) is 23.3 Å². The summed E-state index contributed by atoms with van der Waals surface area (Å²) in [5.41, 5.74) is 1.32. The van der Waals surface area contributed by atoms with Gasteiger partial charge in [-0.2, -0.15) is 0 Å².